The van der Waals surface area contributed by atoms with E-state index in [1.165, 1.54) is 10.5 Å². The maximum atomic E-state index is 8.99. The Hall–Kier alpha value is -0.980. The average molecular weight is 276 g/mol. The van der Waals surface area contributed by atoms with Crippen molar-refractivity contribution in [2.75, 3.05) is 12.3 Å². The Bertz CT molecular complexity index is 421. The van der Waals surface area contributed by atoms with Gasteiger partial charge in [-0.25, -0.2) is 0 Å². The first-order valence-corrected chi connectivity index (χ1v) is 7.89. The molecule has 0 radical (unpaired) electrons. The molecule has 0 heterocycles. The van der Waals surface area contributed by atoms with Crippen molar-refractivity contribution < 1.29 is 0 Å². The van der Waals surface area contributed by atoms with Crippen LogP contribution in [0.2, 0.25) is 0 Å². The first kappa shape index (κ1) is 16.1. The molecule has 1 N–H and O–H groups in total. The van der Waals surface area contributed by atoms with Crippen LogP contribution in [0.15, 0.2) is 29.2 Å². The highest BCUT2D eigenvalue weighted by molar-refractivity contribution is 7.99. The summed E-state index contributed by atoms with van der Waals surface area (Å²) < 4.78 is 0. The minimum absolute atomic E-state index is 0.215. The van der Waals surface area contributed by atoms with Crippen LogP contribution < -0.4 is 5.32 Å². The molecule has 0 saturated carbocycles. The average Bonchev–Trinajstić information content (AvgIpc) is 2.39. The van der Waals surface area contributed by atoms with Crippen LogP contribution >= 0.6 is 11.8 Å². The number of nitriles is 1. The normalized spacial score (nSPS) is 11.3. The highest BCUT2D eigenvalue weighted by Gasteiger charge is 2.15. The number of hydrogen-bond acceptors (Lipinski definition) is 3. The fraction of sp³-hybridized carbons (Fsp3) is 0.562. The van der Waals surface area contributed by atoms with Gasteiger partial charge in [0.25, 0.3) is 0 Å². The van der Waals surface area contributed by atoms with E-state index in [2.05, 4.69) is 42.6 Å². The lowest BCUT2D eigenvalue weighted by atomic mass is 9.93. The molecule has 0 fully saturated rings. The molecule has 0 aliphatic heterocycles. The van der Waals surface area contributed by atoms with E-state index < -0.39 is 0 Å². The molecule has 0 atom stereocenters. The molecule has 0 bridgehead atoms. The van der Waals surface area contributed by atoms with Gasteiger partial charge < -0.3 is 5.32 Å². The van der Waals surface area contributed by atoms with Crippen molar-refractivity contribution in [1.82, 2.24) is 5.32 Å². The van der Waals surface area contributed by atoms with E-state index in [1.807, 2.05) is 25.6 Å². The second kappa shape index (κ2) is 8.24. The van der Waals surface area contributed by atoms with Gasteiger partial charge in [-0.15, -0.1) is 11.8 Å². The molecule has 1 rings (SSSR count). The summed E-state index contributed by atoms with van der Waals surface area (Å²) in [6.07, 6.45) is 2.09. The number of rotatable bonds is 8. The summed E-state index contributed by atoms with van der Waals surface area (Å²) in [5, 5.41) is 12.4. The van der Waals surface area contributed by atoms with E-state index in [0.29, 0.717) is 0 Å². The Morgan fingerprint density at radius 2 is 2.16 bits per heavy atom. The molecule has 0 unspecified atom stereocenters. The Morgan fingerprint density at radius 1 is 1.37 bits per heavy atom. The molecule has 19 heavy (non-hydrogen) atoms. The molecule has 1 aromatic carbocycles. The van der Waals surface area contributed by atoms with Crippen molar-refractivity contribution >= 4 is 11.8 Å². The lowest BCUT2D eigenvalue weighted by Crippen LogP contribution is -2.13. The highest BCUT2D eigenvalue weighted by atomic mass is 32.2. The SMILES string of the molecule is CCCNCc1cccc(SCCC(C)(C)C#N)c1. The summed E-state index contributed by atoms with van der Waals surface area (Å²) in [6, 6.07) is 11.0. The number of benzene rings is 1. The number of nitrogens with one attached hydrogen (secondary N) is 1. The van der Waals surface area contributed by atoms with Gasteiger partial charge in [-0.3, -0.25) is 0 Å². The predicted octanol–water partition coefficient (Wildman–Crippen LogP) is 4.22. The summed E-state index contributed by atoms with van der Waals surface area (Å²) in [5.41, 5.74) is 1.12. The molecular formula is C16H24N2S. The summed E-state index contributed by atoms with van der Waals surface area (Å²) in [5.74, 6) is 0.992. The van der Waals surface area contributed by atoms with Crippen molar-refractivity contribution in [2.24, 2.45) is 5.41 Å². The van der Waals surface area contributed by atoms with E-state index in [1.54, 1.807) is 0 Å². The monoisotopic (exact) mass is 276 g/mol. The van der Waals surface area contributed by atoms with Gasteiger partial charge in [-0.1, -0.05) is 19.1 Å². The Morgan fingerprint density at radius 3 is 2.84 bits per heavy atom. The zero-order chi connectivity index (χ0) is 14.1. The van der Waals surface area contributed by atoms with Crippen LogP contribution in [0.5, 0.6) is 0 Å². The van der Waals surface area contributed by atoms with Gasteiger partial charge in [0.2, 0.25) is 0 Å². The van der Waals surface area contributed by atoms with Crippen LogP contribution in [0.4, 0.5) is 0 Å². The zero-order valence-corrected chi connectivity index (χ0v) is 13.0. The fourth-order valence-corrected chi connectivity index (χ4v) is 2.89. The third-order valence-corrected chi connectivity index (χ3v) is 3.95. The maximum absolute atomic E-state index is 8.99. The molecule has 0 saturated heterocycles. The van der Waals surface area contributed by atoms with E-state index in [0.717, 1.165) is 31.7 Å². The van der Waals surface area contributed by atoms with Gasteiger partial charge in [0.15, 0.2) is 0 Å². The van der Waals surface area contributed by atoms with E-state index in [9.17, 15) is 0 Å². The van der Waals surface area contributed by atoms with Crippen LogP contribution in [0.25, 0.3) is 0 Å². The lowest BCUT2D eigenvalue weighted by molar-refractivity contribution is 0.482. The van der Waals surface area contributed by atoms with Crippen LogP contribution in [0.1, 0.15) is 39.2 Å². The Kier molecular flexibility index (Phi) is 6.97. The second-order valence-corrected chi connectivity index (χ2v) is 6.59. The molecule has 104 valence electrons. The maximum Gasteiger partial charge on any atom is 0.0684 e. The summed E-state index contributed by atoms with van der Waals surface area (Å²) in [7, 11) is 0. The third kappa shape index (κ3) is 6.66. The number of hydrogen-bond donors (Lipinski definition) is 1. The molecule has 0 aliphatic rings. The van der Waals surface area contributed by atoms with Crippen LogP contribution in [0, 0.1) is 16.7 Å². The van der Waals surface area contributed by atoms with Gasteiger partial charge in [0.05, 0.1) is 11.5 Å². The molecule has 0 aliphatic carbocycles. The summed E-state index contributed by atoms with van der Waals surface area (Å²) >= 11 is 1.84. The Balaban J connectivity index is 2.42. The van der Waals surface area contributed by atoms with Crippen molar-refractivity contribution in [1.29, 1.82) is 5.26 Å². The quantitative estimate of drug-likeness (QED) is 0.570. The Labute approximate surface area is 121 Å². The van der Waals surface area contributed by atoms with Gasteiger partial charge >= 0.3 is 0 Å². The number of nitrogens with zero attached hydrogens (tertiary/aromatic N) is 1. The van der Waals surface area contributed by atoms with Crippen molar-refractivity contribution in [3.8, 4) is 6.07 Å². The third-order valence-electron chi connectivity index (χ3n) is 2.95. The standard InChI is InChI=1S/C16H24N2S/c1-4-9-18-12-14-6-5-7-15(11-14)19-10-8-16(2,3)13-17/h5-7,11,18H,4,8-10,12H2,1-3H3. The van der Waals surface area contributed by atoms with E-state index in [4.69, 9.17) is 5.26 Å². The fourth-order valence-electron chi connectivity index (χ4n) is 1.63. The van der Waals surface area contributed by atoms with E-state index in [-0.39, 0.29) is 5.41 Å². The predicted molar refractivity (Wildman–Crippen MR) is 83.2 cm³/mol. The molecule has 0 spiro atoms. The van der Waals surface area contributed by atoms with E-state index >= 15 is 0 Å². The summed E-state index contributed by atoms with van der Waals surface area (Å²) in [6.45, 7) is 8.17. The second-order valence-electron chi connectivity index (χ2n) is 5.42. The molecular weight excluding hydrogens is 252 g/mol. The molecule has 1 aromatic rings. The highest BCUT2D eigenvalue weighted by Crippen LogP contribution is 2.26. The minimum Gasteiger partial charge on any atom is -0.313 e. The van der Waals surface area contributed by atoms with Gasteiger partial charge in [0, 0.05) is 11.4 Å². The molecule has 0 aromatic heterocycles. The molecule has 0 amide bonds. The van der Waals surface area contributed by atoms with Gasteiger partial charge in [-0.2, -0.15) is 5.26 Å². The summed E-state index contributed by atoms with van der Waals surface area (Å²) in [4.78, 5) is 1.30. The zero-order valence-electron chi connectivity index (χ0n) is 12.2. The molecule has 3 heteroatoms. The largest absolute Gasteiger partial charge is 0.313 e. The lowest BCUT2D eigenvalue weighted by Gasteiger charge is -2.14. The van der Waals surface area contributed by atoms with Crippen LogP contribution in [-0.4, -0.2) is 12.3 Å². The number of thioether (sulfide) groups is 1. The first-order valence-electron chi connectivity index (χ1n) is 6.91. The van der Waals surface area contributed by atoms with Gasteiger partial charge in [-0.05, 0) is 56.7 Å². The molecule has 2 nitrogen and oxygen atoms in total. The van der Waals surface area contributed by atoms with Crippen molar-refractivity contribution in [2.45, 2.75) is 45.1 Å². The van der Waals surface area contributed by atoms with Crippen LogP contribution in [0.3, 0.4) is 0 Å². The van der Waals surface area contributed by atoms with Crippen molar-refractivity contribution in [3.63, 3.8) is 0 Å². The van der Waals surface area contributed by atoms with Crippen molar-refractivity contribution in [3.05, 3.63) is 29.8 Å². The van der Waals surface area contributed by atoms with Crippen LogP contribution in [-0.2, 0) is 6.54 Å². The first-order chi connectivity index (χ1) is 9.07. The topological polar surface area (TPSA) is 35.8 Å². The van der Waals surface area contributed by atoms with Gasteiger partial charge in [0.1, 0.15) is 0 Å². The minimum atomic E-state index is -0.215. The smallest absolute Gasteiger partial charge is 0.0684 e.